The normalized spacial score (nSPS) is 22.0. The molecule has 1 atom stereocenters. The average Bonchev–Trinajstić information content (AvgIpc) is 2.46. The molecule has 0 bridgehead atoms. The largest absolute Gasteiger partial charge is 0.445 e. The molecule has 20 heavy (non-hydrogen) atoms. The summed E-state index contributed by atoms with van der Waals surface area (Å²) in [6.07, 6.45) is 0.555. The van der Waals surface area contributed by atoms with Crippen LogP contribution in [0.3, 0.4) is 0 Å². The van der Waals surface area contributed by atoms with Gasteiger partial charge in [-0.25, -0.2) is 9.18 Å². The Balaban J connectivity index is 0.00000200. The predicted molar refractivity (Wildman–Crippen MR) is 77.6 cm³/mol. The number of nitrogens with zero attached hydrogens (tertiary/aromatic N) is 1. The van der Waals surface area contributed by atoms with E-state index in [0.717, 1.165) is 5.56 Å². The summed E-state index contributed by atoms with van der Waals surface area (Å²) >= 11 is 0. The van der Waals surface area contributed by atoms with Crippen LogP contribution >= 0.6 is 12.4 Å². The SMILES string of the molecule is Cl.NCC1(F)CCCN(C(=O)OCc2ccccc2)C1. The van der Waals surface area contributed by atoms with E-state index in [0.29, 0.717) is 19.4 Å². The number of alkyl halides is 1. The van der Waals surface area contributed by atoms with E-state index in [-0.39, 0.29) is 32.1 Å². The van der Waals surface area contributed by atoms with Crippen molar-refractivity contribution in [2.24, 2.45) is 5.73 Å². The van der Waals surface area contributed by atoms with E-state index in [1.165, 1.54) is 4.90 Å². The maximum absolute atomic E-state index is 14.1. The first-order valence-electron chi connectivity index (χ1n) is 6.48. The lowest BCUT2D eigenvalue weighted by Crippen LogP contribution is -2.51. The van der Waals surface area contributed by atoms with Crippen molar-refractivity contribution in [2.75, 3.05) is 19.6 Å². The number of nitrogens with two attached hydrogens (primary N) is 1. The van der Waals surface area contributed by atoms with Crippen molar-refractivity contribution in [3.63, 3.8) is 0 Å². The van der Waals surface area contributed by atoms with Crippen LogP contribution in [0.4, 0.5) is 9.18 Å². The predicted octanol–water partition coefficient (Wildman–Crippen LogP) is 2.51. The van der Waals surface area contributed by atoms with Crippen molar-refractivity contribution in [2.45, 2.75) is 25.1 Å². The molecule has 0 aromatic heterocycles. The number of carbonyl (C=O) groups is 1. The maximum Gasteiger partial charge on any atom is 0.410 e. The molecule has 0 aliphatic carbocycles. The Labute approximate surface area is 124 Å². The van der Waals surface area contributed by atoms with Crippen LogP contribution < -0.4 is 5.73 Å². The van der Waals surface area contributed by atoms with Gasteiger partial charge >= 0.3 is 6.09 Å². The number of rotatable bonds is 3. The molecule has 1 aromatic rings. The molecule has 1 amide bonds. The minimum absolute atomic E-state index is 0. The Morgan fingerprint density at radius 1 is 1.40 bits per heavy atom. The standard InChI is InChI=1S/C14H19FN2O2.ClH/c15-14(10-16)7-4-8-17(11-14)13(18)19-9-12-5-2-1-3-6-12;/h1-3,5-6H,4,7-11,16H2;1H. The summed E-state index contributed by atoms with van der Waals surface area (Å²) in [4.78, 5) is 13.3. The van der Waals surface area contributed by atoms with Gasteiger partial charge in [0, 0.05) is 13.1 Å². The maximum atomic E-state index is 14.1. The van der Waals surface area contributed by atoms with Crippen molar-refractivity contribution in [3.8, 4) is 0 Å². The summed E-state index contributed by atoms with van der Waals surface area (Å²) < 4.78 is 19.3. The van der Waals surface area contributed by atoms with E-state index >= 15 is 0 Å². The van der Waals surface area contributed by atoms with Crippen LogP contribution in [-0.4, -0.2) is 36.3 Å². The first kappa shape index (κ1) is 16.7. The van der Waals surface area contributed by atoms with Crippen LogP contribution in [0.5, 0.6) is 0 Å². The van der Waals surface area contributed by atoms with Gasteiger partial charge in [0.15, 0.2) is 0 Å². The van der Waals surface area contributed by atoms with E-state index in [1.54, 1.807) is 0 Å². The number of amides is 1. The Bertz CT molecular complexity index is 432. The summed E-state index contributed by atoms with van der Waals surface area (Å²) in [5.74, 6) is 0. The van der Waals surface area contributed by atoms with Crippen molar-refractivity contribution < 1.29 is 13.9 Å². The highest BCUT2D eigenvalue weighted by Gasteiger charge is 2.36. The number of likely N-dealkylation sites (tertiary alicyclic amines) is 1. The molecule has 4 nitrogen and oxygen atoms in total. The van der Waals surface area contributed by atoms with E-state index in [4.69, 9.17) is 10.5 Å². The van der Waals surface area contributed by atoms with Crippen LogP contribution in [0, 0.1) is 0 Å². The quantitative estimate of drug-likeness (QED) is 0.933. The molecule has 2 N–H and O–H groups in total. The third-order valence-corrected chi connectivity index (χ3v) is 3.36. The molecule has 1 unspecified atom stereocenters. The number of carbonyl (C=O) groups excluding carboxylic acids is 1. The second kappa shape index (κ2) is 7.45. The Hall–Kier alpha value is -1.33. The van der Waals surface area contributed by atoms with E-state index in [9.17, 15) is 9.18 Å². The molecular formula is C14H20ClFN2O2. The number of ether oxygens (including phenoxy) is 1. The summed E-state index contributed by atoms with van der Waals surface area (Å²) in [7, 11) is 0. The van der Waals surface area contributed by atoms with Crippen molar-refractivity contribution in [1.82, 2.24) is 4.90 Å². The lowest BCUT2D eigenvalue weighted by molar-refractivity contribution is 0.0337. The third-order valence-electron chi connectivity index (χ3n) is 3.36. The molecule has 6 heteroatoms. The first-order valence-corrected chi connectivity index (χ1v) is 6.48. The number of piperidine rings is 1. The first-order chi connectivity index (χ1) is 9.13. The second-order valence-electron chi connectivity index (χ2n) is 4.92. The molecule has 1 aromatic carbocycles. The zero-order valence-corrected chi connectivity index (χ0v) is 12.1. The molecular weight excluding hydrogens is 283 g/mol. The zero-order valence-electron chi connectivity index (χ0n) is 11.3. The van der Waals surface area contributed by atoms with E-state index < -0.39 is 11.8 Å². The van der Waals surface area contributed by atoms with Crippen LogP contribution in [0.15, 0.2) is 30.3 Å². The lowest BCUT2D eigenvalue weighted by atomic mass is 9.95. The molecule has 0 radical (unpaired) electrons. The third kappa shape index (κ3) is 4.35. The van der Waals surface area contributed by atoms with Gasteiger partial charge in [-0.05, 0) is 18.4 Å². The minimum Gasteiger partial charge on any atom is -0.445 e. The molecule has 2 rings (SSSR count). The fraction of sp³-hybridized carbons (Fsp3) is 0.500. The monoisotopic (exact) mass is 302 g/mol. The molecule has 1 heterocycles. The zero-order chi connectivity index (χ0) is 13.7. The summed E-state index contributed by atoms with van der Waals surface area (Å²) in [5, 5.41) is 0. The van der Waals surface area contributed by atoms with Crippen LogP contribution in [-0.2, 0) is 11.3 Å². The number of benzene rings is 1. The second-order valence-corrected chi connectivity index (χ2v) is 4.92. The highest BCUT2D eigenvalue weighted by atomic mass is 35.5. The molecule has 1 aliphatic heterocycles. The summed E-state index contributed by atoms with van der Waals surface area (Å²) in [5.41, 5.74) is 4.86. The van der Waals surface area contributed by atoms with Crippen LogP contribution in [0.1, 0.15) is 18.4 Å². The van der Waals surface area contributed by atoms with Crippen molar-refractivity contribution in [1.29, 1.82) is 0 Å². The lowest BCUT2D eigenvalue weighted by Gasteiger charge is -2.35. The van der Waals surface area contributed by atoms with Gasteiger partial charge < -0.3 is 15.4 Å². The number of halogens is 2. The smallest absolute Gasteiger partial charge is 0.410 e. The highest BCUT2D eigenvalue weighted by Crippen LogP contribution is 2.24. The average molecular weight is 303 g/mol. The Kier molecular flexibility index (Phi) is 6.23. The van der Waals surface area contributed by atoms with Gasteiger partial charge in [-0.2, -0.15) is 0 Å². The number of hydrogen-bond acceptors (Lipinski definition) is 3. The molecule has 1 aliphatic rings. The van der Waals surface area contributed by atoms with Crippen LogP contribution in [0.25, 0.3) is 0 Å². The number of hydrogen-bond donors (Lipinski definition) is 1. The molecule has 0 saturated carbocycles. The van der Waals surface area contributed by atoms with Gasteiger partial charge in [-0.3, -0.25) is 0 Å². The van der Waals surface area contributed by atoms with Gasteiger partial charge in [0.25, 0.3) is 0 Å². The fourth-order valence-electron chi connectivity index (χ4n) is 2.22. The Morgan fingerprint density at radius 3 is 2.75 bits per heavy atom. The fourth-order valence-corrected chi connectivity index (χ4v) is 2.22. The van der Waals surface area contributed by atoms with Gasteiger partial charge in [-0.1, -0.05) is 30.3 Å². The molecule has 1 saturated heterocycles. The Morgan fingerprint density at radius 2 is 2.10 bits per heavy atom. The topological polar surface area (TPSA) is 55.6 Å². The van der Waals surface area contributed by atoms with Gasteiger partial charge in [0.05, 0.1) is 6.54 Å². The van der Waals surface area contributed by atoms with E-state index in [2.05, 4.69) is 0 Å². The minimum atomic E-state index is -1.47. The van der Waals surface area contributed by atoms with Gasteiger partial charge in [-0.15, -0.1) is 12.4 Å². The van der Waals surface area contributed by atoms with E-state index in [1.807, 2.05) is 30.3 Å². The van der Waals surface area contributed by atoms with Crippen LogP contribution in [0.2, 0.25) is 0 Å². The molecule has 112 valence electrons. The molecule has 1 fully saturated rings. The van der Waals surface area contributed by atoms with Crippen molar-refractivity contribution in [3.05, 3.63) is 35.9 Å². The highest BCUT2D eigenvalue weighted by molar-refractivity contribution is 5.85. The summed E-state index contributed by atoms with van der Waals surface area (Å²) in [6.45, 7) is 0.698. The van der Waals surface area contributed by atoms with Gasteiger partial charge in [0.1, 0.15) is 12.3 Å². The van der Waals surface area contributed by atoms with Gasteiger partial charge in [0.2, 0.25) is 0 Å². The van der Waals surface area contributed by atoms with Crippen molar-refractivity contribution >= 4 is 18.5 Å². The molecule has 0 spiro atoms. The summed E-state index contributed by atoms with van der Waals surface area (Å²) in [6, 6.07) is 9.41.